The van der Waals surface area contributed by atoms with Crippen molar-refractivity contribution in [2.75, 3.05) is 0 Å². The van der Waals surface area contributed by atoms with E-state index in [4.69, 9.17) is 0 Å². The first-order chi connectivity index (χ1) is 22.1. The lowest BCUT2D eigenvalue weighted by Gasteiger charge is -2.21. The molecule has 45 heavy (non-hydrogen) atoms. The van der Waals surface area contributed by atoms with Crippen LogP contribution in [0.15, 0.2) is 146 Å². The van der Waals surface area contributed by atoms with Crippen molar-refractivity contribution in [1.29, 1.82) is 0 Å². The molecule has 0 N–H and O–H groups in total. The molecule has 0 spiro atoms. The number of hydrogen-bond acceptors (Lipinski definition) is 0. The van der Waals surface area contributed by atoms with Gasteiger partial charge in [0.25, 0.3) is 0 Å². The van der Waals surface area contributed by atoms with Crippen LogP contribution in [0.25, 0.3) is 88.0 Å². The third-order valence-electron chi connectivity index (χ3n) is 10.6. The van der Waals surface area contributed by atoms with Gasteiger partial charge in [0.15, 0.2) is 0 Å². The Kier molecular flexibility index (Phi) is 4.88. The minimum Gasteiger partial charge on any atom is -0.0619 e. The number of rotatable bonds is 2. The Morgan fingerprint density at radius 1 is 0.356 bits per heavy atom. The molecule has 8 aromatic carbocycles. The van der Waals surface area contributed by atoms with Gasteiger partial charge in [0.1, 0.15) is 0 Å². The van der Waals surface area contributed by atoms with Crippen LogP contribution in [0.1, 0.15) is 25.0 Å². The molecule has 0 nitrogen and oxygen atoms in total. The zero-order chi connectivity index (χ0) is 29.9. The van der Waals surface area contributed by atoms with Crippen molar-refractivity contribution < 1.29 is 0 Å². The maximum absolute atomic E-state index is 2.40. The summed E-state index contributed by atoms with van der Waals surface area (Å²) in [6.07, 6.45) is 0. The minimum atomic E-state index is 0.0266. The van der Waals surface area contributed by atoms with Crippen LogP contribution in [0.3, 0.4) is 0 Å². The average molecular weight is 571 g/mol. The highest BCUT2D eigenvalue weighted by molar-refractivity contribution is 6.29. The van der Waals surface area contributed by atoms with E-state index in [0.29, 0.717) is 0 Å². The molecule has 0 saturated carbocycles. The average Bonchev–Trinajstić information content (AvgIpc) is 3.54. The quantitative estimate of drug-likeness (QED) is 0.181. The molecule has 0 radical (unpaired) electrons. The molecule has 2 aliphatic carbocycles. The van der Waals surface area contributed by atoms with Crippen molar-refractivity contribution in [3.63, 3.8) is 0 Å². The predicted molar refractivity (Wildman–Crippen MR) is 192 cm³/mol. The summed E-state index contributed by atoms with van der Waals surface area (Å²) in [7, 11) is 0. The molecule has 2 aliphatic rings. The molecule has 0 aromatic heterocycles. The standard InChI is InChI=1S/C45H30/c1-45(2)40-14-8-7-13-35(40)38-25-30(20-24-41(38)45)27-15-17-29(18-16-27)34-22-23-37-42-32-11-5-3-9-28(32)19-21-36(42)39-26-31-10-4-6-12-33(31)43(34)44(37)39/h3-26H,1-2H3. The zero-order valence-corrected chi connectivity index (χ0v) is 25.4. The van der Waals surface area contributed by atoms with Crippen molar-refractivity contribution in [1.82, 2.24) is 0 Å². The van der Waals surface area contributed by atoms with E-state index in [9.17, 15) is 0 Å². The second-order valence-electron chi connectivity index (χ2n) is 13.3. The highest BCUT2D eigenvalue weighted by atomic mass is 14.4. The molecular formula is C45H30. The molecular weight excluding hydrogens is 540 g/mol. The molecule has 210 valence electrons. The van der Waals surface area contributed by atoms with Gasteiger partial charge in [-0.3, -0.25) is 0 Å². The Balaban J connectivity index is 1.15. The van der Waals surface area contributed by atoms with Gasteiger partial charge in [-0.15, -0.1) is 0 Å². The van der Waals surface area contributed by atoms with E-state index in [0.717, 1.165) is 0 Å². The van der Waals surface area contributed by atoms with E-state index in [1.165, 1.54) is 99.1 Å². The van der Waals surface area contributed by atoms with Crippen molar-refractivity contribution >= 4 is 32.3 Å². The van der Waals surface area contributed by atoms with E-state index < -0.39 is 0 Å². The summed E-state index contributed by atoms with van der Waals surface area (Å²) >= 11 is 0. The predicted octanol–water partition coefficient (Wildman–Crippen LogP) is 12.4. The number of hydrogen-bond donors (Lipinski definition) is 0. The second-order valence-corrected chi connectivity index (χ2v) is 13.3. The van der Waals surface area contributed by atoms with Gasteiger partial charge >= 0.3 is 0 Å². The highest BCUT2D eigenvalue weighted by Gasteiger charge is 2.35. The fourth-order valence-electron chi connectivity index (χ4n) is 8.43. The SMILES string of the molecule is CC1(C)c2ccccc2-c2cc(-c3ccc(-c4ccc5c6c(cc7ccccc7c46)-c4ccc6ccccc6c4-5)cc3)ccc21. The van der Waals surface area contributed by atoms with E-state index in [-0.39, 0.29) is 5.41 Å². The van der Waals surface area contributed by atoms with Gasteiger partial charge in [0, 0.05) is 5.41 Å². The molecule has 0 saturated heterocycles. The molecule has 0 heteroatoms. The monoisotopic (exact) mass is 570 g/mol. The third-order valence-corrected chi connectivity index (χ3v) is 10.6. The van der Waals surface area contributed by atoms with Gasteiger partial charge in [-0.2, -0.15) is 0 Å². The summed E-state index contributed by atoms with van der Waals surface area (Å²) in [6, 6.07) is 54.6. The summed E-state index contributed by atoms with van der Waals surface area (Å²) in [6.45, 7) is 4.68. The summed E-state index contributed by atoms with van der Waals surface area (Å²) in [5.41, 5.74) is 16.0. The summed E-state index contributed by atoms with van der Waals surface area (Å²) in [4.78, 5) is 0. The smallest absolute Gasteiger partial charge is 0.0158 e. The van der Waals surface area contributed by atoms with Gasteiger partial charge in [-0.25, -0.2) is 0 Å². The van der Waals surface area contributed by atoms with Gasteiger partial charge in [-0.1, -0.05) is 147 Å². The molecule has 8 aromatic rings. The molecule has 0 unspecified atom stereocenters. The third kappa shape index (κ3) is 3.32. The van der Waals surface area contributed by atoms with E-state index in [1.54, 1.807) is 0 Å². The Morgan fingerprint density at radius 3 is 1.87 bits per heavy atom. The summed E-state index contributed by atoms with van der Waals surface area (Å²) in [5.74, 6) is 0. The molecule has 0 aliphatic heterocycles. The van der Waals surface area contributed by atoms with Crippen LogP contribution in [-0.2, 0) is 5.41 Å². The van der Waals surface area contributed by atoms with Crippen LogP contribution in [0.2, 0.25) is 0 Å². The van der Waals surface area contributed by atoms with E-state index in [1.807, 2.05) is 0 Å². The topological polar surface area (TPSA) is 0 Å². The Hall–Kier alpha value is -5.46. The maximum atomic E-state index is 2.40. The van der Waals surface area contributed by atoms with Crippen LogP contribution in [0.5, 0.6) is 0 Å². The molecule has 10 rings (SSSR count). The first kappa shape index (κ1) is 24.9. The van der Waals surface area contributed by atoms with Crippen molar-refractivity contribution in [3.8, 4) is 55.6 Å². The molecule has 0 atom stereocenters. The second kappa shape index (κ2) is 8.80. The Morgan fingerprint density at radius 2 is 1.00 bits per heavy atom. The van der Waals surface area contributed by atoms with Crippen LogP contribution in [-0.4, -0.2) is 0 Å². The van der Waals surface area contributed by atoms with Crippen molar-refractivity contribution in [2.24, 2.45) is 0 Å². The fraction of sp³-hybridized carbons (Fsp3) is 0.0667. The lowest BCUT2D eigenvalue weighted by atomic mass is 9.82. The number of fused-ring (bicyclic) bond motifs is 10. The lowest BCUT2D eigenvalue weighted by molar-refractivity contribution is 0.660. The molecule has 0 bridgehead atoms. The summed E-state index contributed by atoms with van der Waals surface area (Å²) < 4.78 is 0. The summed E-state index contributed by atoms with van der Waals surface area (Å²) in [5, 5.41) is 7.95. The highest BCUT2D eigenvalue weighted by Crippen LogP contribution is 2.54. The largest absolute Gasteiger partial charge is 0.0619 e. The van der Waals surface area contributed by atoms with Crippen LogP contribution < -0.4 is 0 Å². The number of benzene rings is 8. The molecule has 0 amide bonds. The first-order valence-corrected chi connectivity index (χ1v) is 15.9. The first-order valence-electron chi connectivity index (χ1n) is 15.9. The van der Waals surface area contributed by atoms with E-state index >= 15 is 0 Å². The maximum Gasteiger partial charge on any atom is 0.0158 e. The van der Waals surface area contributed by atoms with Gasteiger partial charge < -0.3 is 0 Å². The van der Waals surface area contributed by atoms with E-state index in [2.05, 4.69) is 159 Å². The fourth-order valence-corrected chi connectivity index (χ4v) is 8.43. The lowest BCUT2D eigenvalue weighted by Crippen LogP contribution is -2.14. The van der Waals surface area contributed by atoms with Crippen LogP contribution >= 0.6 is 0 Å². The van der Waals surface area contributed by atoms with Gasteiger partial charge in [0.05, 0.1) is 0 Å². The van der Waals surface area contributed by atoms with Crippen molar-refractivity contribution in [3.05, 3.63) is 157 Å². The Bertz CT molecular complexity index is 2540. The Labute approximate surface area is 263 Å². The van der Waals surface area contributed by atoms with Gasteiger partial charge in [-0.05, 0) is 111 Å². The van der Waals surface area contributed by atoms with Crippen LogP contribution in [0.4, 0.5) is 0 Å². The molecule has 0 heterocycles. The minimum absolute atomic E-state index is 0.0266. The van der Waals surface area contributed by atoms with Crippen LogP contribution in [0, 0.1) is 0 Å². The van der Waals surface area contributed by atoms with Gasteiger partial charge in [0.2, 0.25) is 0 Å². The normalized spacial score (nSPS) is 13.7. The van der Waals surface area contributed by atoms with Crippen molar-refractivity contribution in [2.45, 2.75) is 19.3 Å². The zero-order valence-electron chi connectivity index (χ0n) is 25.4. The molecule has 0 fully saturated rings.